The van der Waals surface area contributed by atoms with E-state index in [-0.39, 0.29) is 35.1 Å². The molecule has 0 radical (unpaired) electrons. The minimum absolute atomic E-state index is 0.0453. The van der Waals surface area contributed by atoms with Crippen molar-refractivity contribution >= 4 is 33.3 Å². The summed E-state index contributed by atoms with van der Waals surface area (Å²) in [5.74, 6) is -0.331. The van der Waals surface area contributed by atoms with Crippen LogP contribution in [0.2, 0.25) is 0 Å². The van der Waals surface area contributed by atoms with Crippen LogP contribution in [0.5, 0.6) is 0 Å². The number of esters is 1. The number of nitrogens with zero attached hydrogens (tertiary/aromatic N) is 2. The van der Waals surface area contributed by atoms with Gasteiger partial charge in [-0.25, -0.2) is 13.2 Å². The molecule has 1 aromatic heterocycles. The Balaban J connectivity index is 2.18. The number of sulfonamides is 1. The summed E-state index contributed by atoms with van der Waals surface area (Å²) in [5.41, 5.74) is 0.913. The third kappa shape index (κ3) is 4.50. The van der Waals surface area contributed by atoms with Crippen molar-refractivity contribution in [1.29, 1.82) is 0 Å². The van der Waals surface area contributed by atoms with E-state index in [1.54, 1.807) is 6.92 Å². The fourth-order valence-electron chi connectivity index (χ4n) is 2.91. The summed E-state index contributed by atoms with van der Waals surface area (Å²) in [5, 5.41) is 3.66. The van der Waals surface area contributed by atoms with E-state index in [9.17, 15) is 13.2 Å². The Kier molecular flexibility index (Phi) is 6.66. The van der Waals surface area contributed by atoms with Gasteiger partial charge in [-0.15, -0.1) is 0 Å². The summed E-state index contributed by atoms with van der Waals surface area (Å²) in [6.45, 7) is 10.8. The predicted octanol–water partition coefficient (Wildman–Crippen LogP) is 1.44. The molecule has 0 atom stereocenters. The van der Waals surface area contributed by atoms with E-state index < -0.39 is 16.0 Å². The number of piperazine rings is 1. The number of carbonyl (C=O) groups is 1. The predicted molar refractivity (Wildman–Crippen MR) is 105 cm³/mol. The Labute approximate surface area is 165 Å². The lowest BCUT2D eigenvalue weighted by molar-refractivity contribution is 0.0594. The molecule has 0 unspecified atom stereocenters. The highest BCUT2D eigenvalue weighted by atomic mass is 32.2. The minimum atomic E-state index is -3.90. The van der Waals surface area contributed by atoms with Crippen LogP contribution in [0, 0.1) is 13.8 Å². The number of methoxy groups -OCH3 is 1. The number of thiocarbonyl (C=S) groups is 1. The Hall–Kier alpha value is -1.91. The van der Waals surface area contributed by atoms with Crippen LogP contribution < -0.4 is 5.32 Å². The molecule has 0 aromatic carbocycles. The molecule has 0 spiro atoms. The highest BCUT2D eigenvalue weighted by Crippen LogP contribution is 2.30. The van der Waals surface area contributed by atoms with E-state index in [2.05, 4.69) is 11.9 Å². The zero-order chi connectivity index (χ0) is 20.4. The van der Waals surface area contributed by atoms with Gasteiger partial charge in [-0.1, -0.05) is 12.2 Å². The Morgan fingerprint density at radius 3 is 2.37 bits per heavy atom. The molecule has 27 heavy (non-hydrogen) atoms. The summed E-state index contributed by atoms with van der Waals surface area (Å²) in [6.07, 6.45) is 0. The van der Waals surface area contributed by atoms with E-state index in [0.717, 1.165) is 5.57 Å². The van der Waals surface area contributed by atoms with Crippen LogP contribution in [0.3, 0.4) is 0 Å². The van der Waals surface area contributed by atoms with Crippen molar-refractivity contribution in [2.45, 2.75) is 25.7 Å². The number of hydrogen-bond acceptors (Lipinski definition) is 6. The quantitative estimate of drug-likeness (QED) is 0.439. The molecule has 1 saturated heterocycles. The number of aryl methyl sites for hydroxylation is 2. The van der Waals surface area contributed by atoms with Gasteiger partial charge < -0.3 is 19.4 Å². The van der Waals surface area contributed by atoms with Gasteiger partial charge in [0, 0.05) is 32.7 Å². The van der Waals surface area contributed by atoms with Gasteiger partial charge in [0.15, 0.2) is 5.11 Å². The van der Waals surface area contributed by atoms with Crippen LogP contribution in [0.1, 0.15) is 28.8 Å². The monoisotopic (exact) mass is 415 g/mol. The highest BCUT2D eigenvalue weighted by Gasteiger charge is 2.37. The molecule has 10 heteroatoms. The molecule has 1 aromatic rings. The van der Waals surface area contributed by atoms with Crippen LogP contribution in [-0.4, -0.2) is 68.5 Å². The van der Waals surface area contributed by atoms with Gasteiger partial charge in [0.05, 0.1) is 7.11 Å². The fraction of sp³-hybridized carbons (Fsp3) is 0.529. The van der Waals surface area contributed by atoms with Crippen LogP contribution in [0.15, 0.2) is 21.5 Å². The van der Waals surface area contributed by atoms with Crippen molar-refractivity contribution in [1.82, 2.24) is 14.5 Å². The molecule has 8 nitrogen and oxygen atoms in total. The third-order valence-corrected chi connectivity index (χ3v) is 6.71. The SMILES string of the molecule is C=C(C)CNC(=S)N1CCN(S(=O)(=O)c2c(C)oc(C)c2C(=O)OC)CC1. The van der Waals surface area contributed by atoms with Crippen LogP contribution in [-0.2, 0) is 14.8 Å². The summed E-state index contributed by atoms with van der Waals surface area (Å²) in [7, 11) is -2.69. The van der Waals surface area contributed by atoms with Gasteiger partial charge in [-0.05, 0) is 33.0 Å². The van der Waals surface area contributed by atoms with E-state index in [0.29, 0.717) is 24.7 Å². The number of carbonyl (C=O) groups excluding carboxylic acids is 1. The molecule has 0 amide bonds. The molecule has 2 rings (SSSR count). The van der Waals surface area contributed by atoms with Crippen molar-refractivity contribution in [2.24, 2.45) is 0 Å². The molecule has 1 N–H and O–H groups in total. The van der Waals surface area contributed by atoms with Crippen LogP contribution in [0.4, 0.5) is 0 Å². The number of furan rings is 1. The topological polar surface area (TPSA) is 92.1 Å². The molecular formula is C17H25N3O5S2. The van der Waals surface area contributed by atoms with Gasteiger partial charge >= 0.3 is 5.97 Å². The van der Waals surface area contributed by atoms with Gasteiger partial charge in [0.25, 0.3) is 0 Å². The molecule has 2 heterocycles. The average Bonchev–Trinajstić information content (AvgIpc) is 2.93. The average molecular weight is 416 g/mol. The summed E-state index contributed by atoms with van der Waals surface area (Å²) in [6, 6.07) is 0. The Bertz CT molecular complexity index is 852. The first kappa shape index (κ1) is 21.4. The van der Waals surface area contributed by atoms with Crippen molar-refractivity contribution in [3.8, 4) is 0 Å². The van der Waals surface area contributed by atoms with E-state index >= 15 is 0 Å². The number of ether oxygens (including phenoxy) is 1. The zero-order valence-electron chi connectivity index (χ0n) is 16.0. The summed E-state index contributed by atoms with van der Waals surface area (Å²) in [4.78, 5) is 13.9. The Morgan fingerprint density at radius 2 is 1.85 bits per heavy atom. The second kappa shape index (κ2) is 8.41. The first-order valence-electron chi connectivity index (χ1n) is 8.45. The normalized spacial score (nSPS) is 15.5. The molecule has 0 aliphatic carbocycles. The first-order chi connectivity index (χ1) is 12.6. The Morgan fingerprint density at radius 1 is 1.26 bits per heavy atom. The molecule has 1 aliphatic heterocycles. The largest absolute Gasteiger partial charge is 0.465 e. The van der Waals surface area contributed by atoms with E-state index in [4.69, 9.17) is 21.4 Å². The van der Waals surface area contributed by atoms with Crippen molar-refractivity contribution in [3.63, 3.8) is 0 Å². The second-order valence-electron chi connectivity index (χ2n) is 6.42. The third-order valence-electron chi connectivity index (χ3n) is 4.26. The van der Waals surface area contributed by atoms with Gasteiger partial charge in [-0.2, -0.15) is 4.31 Å². The van der Waals surface area contributed by atoms with Crippen LogP contribution >= 0.6 is 12.2 Å². The van der Waals surface area contributed by atoms with Crippen molar-refractivity contribution in [2.75, 3.05) is 39.8 Å². The maximum absolute atomic E-state index is 13.1. The molecule has 0 bridgehead atoms. The molecule has 1 fully saturated rings. The molecular weight excluding hydrogens is 390 g/mol. The van der Waals surface area contributed by atoms with E-state index in [1.165, 1.54) is 18.3 Å². The fourth-order valence-corrected chi connectivity index (χ4v) is 4.96. The second-order valence-corrected chi connectivity index (χ2v) is 8.68. The van der Waals surface area contributed by atoms with Crippen molar-refractivity contribution in [3.05, 3.63) is 29.2 Å². The highest BCUT2D eigenvalue weighted by molar-refractivity contribution is 7.89. The maximum atomic E-state index is 13.1. The molecule has 150 valence electrons. The lowest BCUT2D eigenvalue weighted by Gasteiger charge is -2.35. The lowest BCUT2D eigenvalue weighted by atomic mass is 10.2. The lowest BCUT2D eigenvalue weighted by Crippen LogP contribution is -2.53. The minimum Gasteiger partial charge on any atom is -0.465 e. The van der Waals surface area contributed by atoms with Gasteiger partial charge in [0.1, 0.15) is 22.0 Å². The summed E-state index contributed by atoms with van der Waals surface area (Å²) < 4.78 is 37.7. The number of hydrogen-bond donors (Lipinski definition) is 1. The number of nitrogens with one attached hydrogen (secondary N) is 1. The zero-order valence-corrected chi connectivity index (χ0v) is 17.6. The van der Waals surface area contributed by atoms with Gasteiger partial charge in [0.2, 0.25) is 10.0 Å². The molecule has 1 aliphatic rings. The maximum Gasteiger partial charge on any atom is 0.342 e. The standard InChI is InChI=1S/C17H25N3O5S2/c1-11(2)10-18-17(26)19-6-8-20(9-7-19)27(22,23)15-13(4)25-12(3)14(15)16(21)24-5/h1,6-10H2,2-5H3,(H,18,26). The first-order valence-corrected chi connectivity index (χ1v) is 10.3. The number of rotatable bonds is 5. The molecule has 0 saturated carbocycles. The van der Waals surface area contributed by atoms with Crippen molar-refractivity contribution < 1.29 is 22.4 Å². The smallest absolute Gasteiger partial charge is 0.342 e. The van der Waals surface area contributed by atoms with Gasteiger partial charge in [-0.3, -0.25) is 0 Å². The van der Waals surface area contributed by atoms with E-state index in [1.807, 2.05) is 11.8 Å². The van der Waals surface area contributed by atoms with Crippen LogP contribution in [0.25, 0.3) is 0 Å². The summed E-state index contributed by atoms with van der Waals surface area (Å²) >= 11 is 5.34.